The van der Waals surface area contributed by atoms with Crippen LogP contribution >= 0.6 is 0 Å². The fourth-order valence-electron chi connectivity index (χ4n) is 3.43. The summed E-state index contributed by atoms with van der Waals surface area (Å²) in [6.07, 6.45) is 7.17. The van der Waals surface area contributed by atoms with Crippen molar-refractivity contribution in [2.24, 2.45) is 17.3 Å². The molecular formula is C12H24. The molecule has 0 amide bonds. The molecule has 0 bridgehead atoms. The van der Waals surface area contributed by atoms with Crippen LogP contribution in [0.3, 0.4) is 0 Å². The van der Waals surface area contributed by atoms with Crippen molar-refractivity contribution in [2.45, 2.75) is 59.8 Å². The lowest BCUT2D eigenvalue weighted by Gasteiger charge is -2.40. The van der Waals surface area contributed by atoms with Crippen molar-refractivity contribution < 1.29 is 0 Å². The monoisotopic (exact) mass is 168 g/mol. The number of hydrogen-bond donors (Lipinski definition) is 0. The lowest BCUT2D eigenvalue weighted by atomic mass is 9.65. The summed E-state index contributed by atoms with van der Waals surface area (Å²) in [4.78, 5) is 0. The van der Waals surface area contributed by atoms with Crippen molar-refractivity contribution in [1.29, 1.82) is 0 Å². The Hall–Kier alpha value is 0. The van der Waals surface area contributed by atoms with E-state index in [4.69, 9.17) is 0 Å². The molecular weight excluding hydrogens is 144 g/mol. The highest BCUT2D eigenvalue weighted by Crippen LogP contribution is 2.44. The Labute approximate surface area is 77.7 Å². The molecule has 0 radical (unpaired) electrons. The molecule has 0 heterocycles. The zero-order chi connectivity index (χ0) is 9.19. The van der Waals surface area contributed by atoms with Crippen molar-refractivity contribution in [2.75, 3.05) is 0 Å². The Morgan fingerprint density at radius 1 is 1.17 bits per heavy atom. The van der Waals surface area contributed by atoms with Gasteiger partial charge in [0, 0.05) is 0 Å². The van der Waals surface area contributed by atoms with Crippen LogP contribution in [0.25, 0.3) is 0 Å². The summed E-state index contributed by atoms with van der Waals surface area (Å²) in [5.41, 5.74) is 0.672. The summed E-state index contributed by atoms with van der Waals surface area (Å²) in [5.74, 6) is 1.93. The van der Waals surface area contributed by atoms with Gasteiger partial charge in [-0.25, -0.2) is 0 Å². The van der Waals surface area contributed by atoms with Gasteiger partial charge in [0.15, 0.2) is 0 Å². The van der Waals surface area contributed by atoms with Gasteiger partial charge in [0.1, 0.15) is 0 Å². The zero-order valence-corrected chi connectivity index (χ0v) is 9.19. The summed E-state index contributed by atoms with van der Waals surface area (Å²) in [6, 6.07) is 0. The summed E-state index contributed by atoms with van der Waals surface area (Å²) in [5, 5.41) is 0. The molecule has 0 nitrogen and oxygen atoms in total. The van der Waals surface area contributed by atoms with E-state index in [0.717, 1.165) is 11.8 Å². The van der Waals surface area contributed by atoms with Gasteiger partial charge in [0.05, 0.1) is 0 Å². The lowest BCUT2D eigenvalue weighted by molar-refractivity contribution is 0.112. The van der Waals surface area contributed by atoms with Gasteiger partial charge in [0.25, 0.3) is 0 Å². The van der Waals surface area contributed by atoms with Crippen LogP contribution in [0.2, 0.25) is 0 Å². The third kappa shape index (κ3) is 2.50. The summed E-state index contributed by atoms with van der Waals surface area (Å²) in [7, 11) is 0. The van der Waals surface area contributed by atoms with Gasteiger partial charge in [-0.2, -0.15) is 0 Å². The van der Waals surface area contributed by atoms with Crippen molar-refractivity contribution in [1.82, 2.24) is 0 Å². The highest BCUT2D eigenvalue weighted by Gasteiger charge is 2.32. The summed E-state index contributed by atoms with van der Waals surface area (Å²) < 4.78 is 0. The Bertz CT molecular complexity index is 127. The maximum atomic E-state index is 2.49. The van der Waals surface area contributed by atoms with Gasteiger partial charge in [-0.05, 0) is 42.9 Å². The summed E-state index contributed by atoms with van der Waals surface area (Å²) in [6.45, 7) is 9.64. The minimum absolute atomic E-state index is 0.672. The molecule has 0 saturated heterocycles. The van der Waals surface area contributed by atoms with Gasteiger partial charge in [0.2, 0.25) is 0 Å². The molecule has 72 valence electrons. The van der Waals surface area contributed by atoms with Crippen LogP contribution < -0.4 is 0 Å². The van der Waals surface area contributed by atoms with Crippen LogP contribution in [0.5, 0.6) is 0 Å². The molecule has 1 fully saturated rings. The van der Waals surface area contributed by atoms with Gasteiger partial charge < -0.3 is 0 Å². The normalized spacial score (nSPS) is 43.0. The Kier molecular flexibility index (Phi) is 3.20. The molecule has 1 aliphatic rings. The van der Waals surface area contributed by atoms with Crippen molar-refractivity contribution in [3.05, 3.63) is 0 Å². The van der Waals surface area contributed by atoms with Gasteiger partial charge in [-0.1, -0.05) is 34.1 Å². The molecule has 0 aliphatic heterocycles. The highest BCUT2D eigenvalue weighted by atomic mass is 14.4. The first-order valence-electron chi connectivity index (χ1n) is 5.56. The standard InChI is InChI=1S/C12H24/c1-5-6-12(4)8-10(2)7-11(3)9-12/h10-11H,5-9H2,1-4H3. The Balaban J connectivity index is 2.52. The van der Waals surface area contributed by atoms with Crippen molar-refractivity contribution in [3.63, 3.8) is 0 Å². The molecule has 0 aromatic rings. The lowest BCUT2D eigenvalue weighted by Crippen LogP contribution is -2.28. The second-order valence-corrected chi connectivity index (χ2v) is 5.41. The van der Waals surface area contributed by atoms with Gasteiger partial charge >= 0.3 is 0 Å². The van der Waals surface area contributed by atoms with E-state index >= 15 is 0 Å². The minimum Gasteiger partial charge on any atom is -0.0654 e. The Morgan fingerprint density at radius 2 is 1.67 bits per heavy atom. The second kappa shape index (κ2) is 3.81. The molecule has 2 atom stereocenters. The maximum absolute atomic E-state index is 2.49. The fraction of sp³-hybridized carbons (Fsp3) is 1.00. The van der Waals surface area contributed by atoms with Gasteiger partial charge in [-0.3, -0.25) is 0 Å². The first kappa shape index (κ1) is 10.1. The summed E-state index contributed by atoms with van der Waals surface area (Å²) >= 11 is 0. The fourth-order valence-corrected chi connectivity index (χ4v) is 3.43. The van der Waals surface area contributed by atoms with Crippen LogP contribution in [-0.4, -0.2) is 0 Å². The molecule has 0 N–H and O–H groups in total. The predicted octanol–water partition coefficient (Wildman–Crippen LogP) is 4.25. The second-order valence-electron chi connectivity index (χ2n) is 5.41. The molecule has 0 heteroatoms. The number of rotatable bonds is 2. The van der Waals surface area contributed by atoms with Crippen LogP contribution in [-0.2, 0) is 0 Å². The van der Waals surface area contributed by atoms with Crippen LogP contribution in [0.1, 0.15) is 59.8 Å². The molecule has 0 aromatic carbocycles. The molecule has 12 heavy (non-hydrogen) atoms. The van der Waals surface area contributed by atoms with E-state index in [9.17, 15) is 0 Å². The van der Waals surface area contributed by atoms with Crippen LogP contribution in [0.15, 0.2) is 0 Å². The quantitative estimate of drug-likeness (QED) is 0.578. The van der Waals surface area contributed by atoms with E-state index in [1.165, 1.54) is 32.1 Å². The van der Waals surface area contributed by atoms with E-state index in [0.29, 0.717) is 5.41 Å². The van der Waals surface area contributed by atoms with E-state index in [-0.39, 0.29) is 0 Å². The van der Waals surface area contributed by atoms with E-state index in [1.807, 2.05) is 0 Å². The Morgan fingerprint density at radius 3 is 2.08 bits per heavy atom. The predicted molar refractivity (Wildman–Crippen MR) is 55.2 cm³/mol. The maximum Gasteiger partial charge on any atom is -0.0321 e. The third-order valence-corrected chi connectivity index (χ3v) is 3.34. The third-order valence-electron chi connectivity index (χ3n) is 3.34. The van der Waals surface area contributed by atoms with Crippen LogP contribution in [0, 0.1) is 17.3 Å². The van der Waals surface area contributed by atoms with Gasteiger partial charge in [-0.15, -0.1) is 0 Å². The average molecular weight is 168 g/mol. The average Bonchev–Trinajstić information content (AvgIpc) is 1.82. The zero-order valence-electron chi connectivity index (χ0n) is 9.19. The topological polar surface area (TPSA) is 0 Å². The first-order valence-corrected chi connectivity index (χ1v) is 5.56. The molecule has 1 saturated carbocycles. The molecule has 0 spiro atoms. The van der Waals surface area contributed by atoms with Crippen molar-refractivity contribution >= 4 is 0 Å². The molecule has 1 aliphatic carbocycles. The van der Waals surface area contributed by atoms with E-state index in [2.05, 4.69) is 27.7 Å². The van der Waals surface area contributed by atoms with Crippen molar-refractivity contribution in [3.8, 4) is 0 Å². The number of hydrogen-bond acceptors (Lipinski definition) is 0. The van der Waals surface area contributed by atoms with E-state index < -0.39 is 0 Å². The molecule has 0 aromatic heterocycles. The van der Waals surface area contributed by atoms with E-state index in [1.54, 1.807) is 0 Å². The first-order chi connectivity index (χ1) is 5.56. The smallest absolute Gasteiger partial charge is 0.0321 e. The largest absolute Gasteiger partial charge is 0.0654 e. The minimum atomic E-state index is 0.672. The highest BCUT2D eigenvalue weighted by molar-refractivity contribution is 4.83. The van der Waals surface area contributed by atoms with Crippen LogP contribution in [0.4, 0.5) is 0 Å². The SMILES string of the molecule is CCCC1(C)CC(C)CC(C)C1. The molecule has 1 rings (SSSR count). The molecule has 2 unspecified atom stereocenters.